The molecule has 33 heavy (non-hydrogen) atoms. The average molecular weight is 470 g/mol. The fourth-order valence-electron chi connectivity index (χ4n) is 4.19. The number of benzene rings is 2. The SMILES string of the molecule is CCN(CC)S(=O)(=O)c1ccc(N2CCCC2)c(NC(=O)c2n[nH]c(=O)c3ccccc23)c1. The standard InChI is InChI=1S/C23H27N5O4S/c1-3-28(4-2)33(31,32)16-11-12-20(27-13-7-8-14-27)19(15-16)24-23(30)21-17-9-5-6-10-18(17)22(29)26-25-21/h5-6,9-12,15H,3-4,7-8,13-14H2,1-2H3,(H,24,30)(H,26,29). The molecule has 9 nitrogen and oxygen atoms in total. The number of nitrogens with one attached hydrogen (secondary N) is 2. The number of nitrogens with zero attached hydrogens (tertiary/aromatic N) is 3. The van der Waals surface area contributed by atoms with Crippen LogP contribution in [0, 0.1) is 0 Å². The van der Waals surface area contributed by atoms with E-state index in [1.54, 1.807) is 50.2 Å². The lowest BCUT2D eigenvalue weighted by atomic mass is 10.1. The summed E-state index contributed by atoms with van der Waals surface area (Å²) in [6.07, 6.45) is 2.05. The van der Waals surface area contributed by atoms with E-state index in [0.717, 1.165) is 31.6 Å². The smallest absolute Gasteiger partial charge is 0.276 e. The summed E-state index contributed by atoms with van der Waals surface area (Å²) in [5.41, 5.74) is 0.835. The highest BCUT2D eigenvalue weighted by atomic mass is 32.2. The number of sulfonamides is 1. The second-order valence-corrected chi connectivity index (χ2v) is 9.80. The van der Waals surface area contributed by atoms with Gasteiger partial charge in [-0.2, -0.15) is 9.40 Å². The van der Waals surface area contributed by atoms with Gasteiger partial charge in [-0.05, 0) is 37.1 Å². The molecule has 1 fully saturated rings. The fraction of sp³-hybridized carbons (Fsp3) is 0.348. The Labute approximate surface area is 192 Å². The minimum atomic E-state index is -3.70. The van der Waals surface area contributed by atoms with Gasteiger partial charge in [0.05, 0.1) is 21.7 Å². The Bertz CT molecular complexity index is 1340. The second-order valence-electron chi connectivity index (χ2n) is 7.86. The molecule has 0 radical (unpaired) electrons. The first kappa shape index (κ1) is 22.9. The van der Waals surface area contributed by atoms with Crippen molar-refractivity contribution in [2.75, 3.05) is 36.4 Å². The lowest BCUT2D eigenvalue weighted by Crippen LogP contribution is -2.31. The molecular formula is C23H27N5O4S. The number of aromatic amines is 1. The van der Waals surface area contributed by atoms with E-state index in [-0.39, 0.29) is 16.1 Å². The average Bonchev–Trinajstić information content (AvgIpc) is 3.35. The van der Waals surface area contributed by atoms with Crippen LogP contribution in [-0.4, -0.2) is 55.0 Å². The fourth-order valence-corrected chi connectivity index (χ4v) is 5.68. The molecule has 2 aromatic carbocycles. The van der Waals surface area contributed by atoms with Gasteiger partial charge >= 0.3 is 0 Å². The van der Waals surface area contributed by atoms with E-state index >= 15 is 0 Å². The molecule has 0 spiro atoms. The number of aromatic nitrogens is 2. The summed E-state index contributed by atoms with van der Waals surface area (Å²) >= 11 is 0. The van der Waals surface area contributed by atoms with Crippen LogP contribution in [0.4, 0.5) is 11.4 Å². The monoisotopic (exact) mass is 469 g/mol. The number of amides is 1. The van der Waals surface area contributed by atoms with Crippen LogP contribution in [0.1, 0.15) is 37.2 Å². The molecule has 0 aliphatic carbocycles. The number of anilines is 2. The van der Waals surface area contributed by atoms with E-state index in [2.05, 4.69) is 20.4 Å². The quantitative estimate of drug-likeness (QED) is 0.550. The summed E-state index contributed by atoms with van der Waals surface area (Å²) in [4.78, 5) is 27.6. The van der Waals surface area contributed by atoms with Gasteiger partial charge in [-0.25, -0.2) is 13.5 Å². The first-order chi connectivity index (χ1) is 15.9. The largest absolute Gasteiger partial charge is 0.370 e. The van der Waals surface area contributed by atoms with Crippen molar-refractivity contribution in [2.45, 2.75) is 31.6 Å². The molecule has 0 atom stereocenters. The first-order valence-corrected chi connectivity index (χ1v) is 12.5. The maximum Gasteiger partial charge on any atom is 0.276 e. The van der Waals surface area contributed by atoms with Crippen LogP contribution in [0.5, 0.6) is 0 Å². The van der Waals surface area contributed by atoms with Crippen molar-refractivity contribution in [3.05, 3.63) is 58.5 Å². The number of carbonyl (C=O) groups is 1. The topological polar surface area (TPSA) is 115 Å². The molecule has 1 aromatic heterocycles. The summed E-state index contributed by atoms with van der Waals surface area (Å²) in [6.45, 7) is 5.92. The Morgan fingerprint density at radius 3 is 2.42 bits per heavy atom. The number of hydrogen-bond donors (Lipinski definition) is 2. The number of H-pyrrole nitrogens is 1. The van der Waals surface area contributed by atoms with Gasteiger partial charge in [0.1, 0.15) is 0 Å². The molecule has 2 heterocycles. The van der Waals surface area contributed by atoms with Crippen LogP contribution >= 0.6 is 0 Å². The van der Waals surface area contributed by atoms with Crippen LogP contribution in [0.15, 0.2) is 52.2 Å². The Hall–Kier alpha value is -3.24. The van der Waals surface area contributed by atoms with E-state index in [1.807, 2.05) is 0 Å². The zero-order valence-corrected chi connectivity index (χ0v) is 19.5. The van der Waals surface area contributed by atoms with Crippen LogP contribution in [0.3, 0.4) is 0 Å². The van der Waals surface area contributed by atoms with Gasteiger partial charge in [-0.1, -0.05) is 32.0 Å². The molecule has 174 valence electrons. The number of carbonyl (C=O) groups excluding carboxylic acids is 1. The van der Waals surface area contributed by atoms with Crippen molar-refractivity contribution in [3.63, 3.8) is 0 Å². The Balaban J connectivity index is 1.78. The molecule has 0 unspecified atom stereocenters. The molecule has 3 aromatic rings. The van der Waals surface area contributed by atoms with Gasteiger partial charge in [0.25, 0.3) is 11.5 Å². The number of rotatable bonds is 7. The highest BCUT2D eigenvalue weighted by Gasteiger charge is 2.25. The molecule has 10 heteroatoms. The van der Waals surface area contributed by atoms with E-state index < -0.39 is 15.9 Å². The van der Waals surface area contributed by atoms with Gasteiger partial charge in [-0.3, -0.25) is 9.59 Å². The van der Waals surface area contributed by atoms with E-state index in [0.29, 0.717) is 29.5 Å². The lowest BCUT2D eigenvalue weighted by Gasteiger charge is -2.24. The maximum absolute atomic E-state index is 13.2. The molecule has 0 bridgehead atoms. The van der Waals surface area contributed by atoms with Gasteiger partial charge in [-0.15, -0.1) is 0 Å². The van der Waals surface area contributed by atoms with Crippen LogP contribution in [0.2, 0.25) is 0 Å². The number of fused-ring (bicyclic) bond motifs is 1. The zero-order valence-electron chi connectivity index (χ0n) is 18.7. The van der Waals surface area contributed by atoms with Crippen molar-refractivity contribution < 1.29 is 13.2 Å². The third-order valence-corrected chi connectivity index (χ3v) is 7.96. The molecule has 1 aliphatic heterocycles. The van der Waals surface area contributed by atoms with Crippen molar-refractivity contribution >= 4 is 38.1 Å². The molecule has 1 amide bonds. The van der Waals surface area contributed by atoms with Crippen molar-refractivity contribution in [1.82, 2.24) is 14.5 Å². The summed E-state index contributed by atoms with van der Waals surface area (Å²) in [5.74, 6) is -0.528. The maximum atomic E-state index is 13.2. The second kappa shape index (κ2) is 9.32. The third kappa shape index (κ3) is 4.36. The normalized spacial score (nSPS) is 14.2. The first-order valence-electron chi connectivity index (χ1n) is 11.0. The lowest BCUT2D eigenvalue weighted by molar-refractivity contribution is 0.102. The predicted octanol–water partition coefficient (Wildman–Crippen LogP) is 2.81. The van der Waals surface area contributed by atoms with E-state index in [4.69, 9.17) is 0 Å². The molecular weight excluding hydrogens is 442 g/mol. The third-order valence-electron chi connectivity index (χ3n) is 5.92. The number of hydrogen-bond acceptors (Lipinski definition) is 6. The van der Waals surface area contributed by atoms with Crippen molar-refractivity contribution in [3.8, 4) is 0 Å². The predicted molar refractivity (Wildman–Crippen MR) is 128 cm³/mol. The molecule has 4 rings (SSSR count). The van der Waals surface area contributed by atoms with Crippen LogP contribution < -0.4 is 15.8 Å². The van der Waals surface area contributed by atoms with Gasteiger partial charge in [0.15, 0.2) is 5.69 Å². The van der Waals surface area contributed by atoms with Gasteiger partial charge in [0, 0.05) is 31.6 Å². The minimum absolute atomic E-state index is 0.0644. The van der Waals surface area contributed by atoms with Gasteiger partial charge < -0.3 is 10.2 Å². The highest BCUT2D eigenvalue weighted by molar-refractivity contribution is 7.89. The summed E-state index contributed by atoms with van der Waals surface area (Å²) in [6, 6.07) is 11.6. The van der Waals surface area contributed by atoms with Crippen molar-refractivity contribution in [1.29, 1.82) is 0 Å². The van der Waals surface area contributed by atoms with Crippen molar-refractivity contribution in [2.24, 2.45) is 0 Å². The summed E-state index contributed by atoms with van der Waals surface area (Å²) in [5, 5.41) is 9.97. The summed E-state index contributed by atoms with van der Waals surface area (Å²) < 4.78 is 27.6. The summed E-state index contributed by atoms with van der Waals surface area (Å²) in [7, 11) is -3.70. The molecule has 1 saturated heterocycles. The van der Waals surface area contributed by atoms with Gasteiger partial charge in [0.2, 0.25) is 10.0 Å². The minimum Gasteiger partial charge on any atom is -0.370 e. The van der Waals surface area contributed by atoms with Crippen LogP contribution in [0.25, 0.3) is 10.8 Å². The zero-order chi connectivity index (χ0) is 23.6. The Kier molecular flexibility index (Phi) is 6.48. The van der Waals surface area contributed by atoms with Crippen LogP contribution in [-0.2, 0) is 10.0 Å². The molecule has 2 N–H and O–H groups in total. The van der Waals surface area contributed by atoms with E-state index in [9.17, 15) is 18.0 Å². The highest BCUT2D eigenvalue weighted by Crippen LogP contribution is 2.33. The Morgan fingerprint density at radius 1 is 1.09 bits per heavy atom. The van der Waals surface area contributed by atoms with E-state index in [1.165, 1.54) is 10.4 Å². The Morgan fingerprint density at radius 2 is 1.76 bits per heavy atom. The molecule has 0 saturated carbocycles. The molecule has 1 aliphatic rings.